The van der Waals surface area contributed by atoms with Gasteiger partial charge in [-0.05, 0) is 12.1 Å². The van der Waals surface area contributed by atoms with E-state index < -0.39 is 5.97 Å². The van der Waals surface area contributed by atoms with Gasteiger partial charge in [0.05, 0.1) is 12.8 Å². The molecule has 2 aromatic heterocycles. The van der Waals surface area contributed by atoms with Gasteiger partial charge in [0.25, 0.3) is 0 Å². The van der Waals surface area contributed by atoms with E-state index in [1.807, 2.05) is 36.4 Å². The van der Waals surface area contributed by atoms with Gasteiger partial charge in [0.2, 0.25) is 5.91 Å². The quantitative estimate of drug-likeness (QED) is 0.724. The Kier molecular flexibility index (Phi) is 4.19. The molecule has 7 nitrogen and oxygen atoms in total. The highest BCUT2D eigenvalue weighted by Crippen LogP contribution is 2.42. The van der Waals surface area contributed by atoms with Gasteiger partial charge >= 0.3 is 5.97 Å². The molecule has 0 saturated carbocycles. The molecule has 4 rings (SSSR count). The van der Waals surface area contributed by atoms with Crippen LogP contribution in [0.15, 0.2) is 48.5 Å². The second kappa shape index (κ2) is 6.68. The fourth-order valence-corrected chi connectivity index (χ4v) is 3.41. The van der Waals surface area contributed by atoms with E-state index >= 15 is 0 Å². The number of carbonyl (C=O) groups is 2. The number of nitrogens with one attached hydrogen (secondary N) is 1. The van der Waals surface area contributed by atoms with Crippen LogP contribution in [0.4, 0.5) is 5.82 Å². The van der Waals surface area contributed by atoms with Crippen molar-refractivity contribution in [1.82, 2.24) is 14.8 Å². The molecule has 0 spiro atoms. The predicted octanol–water partition coefficient (Wildman–Crippen LogP) is 2.74. The molecule has 136 valence electrons. The van der Waals surface area contributed by atoms with E-state index in [-0.39, 0.29) is 23.9 Å². The molecule has 1 atom stereocenters. The summed E-state index contributed by atoms with van der Waals surface area (Å²) in [5, 5.41) is 7.54. The van der Waals surface area contributed by atoms with Crippen LogP contribution in [0.1, 0.15) is 34.1 Å². The van der Waals surface area contributed by atoms with E-state index in [4.69, 9.17) is 4.74 Å². The Hall–Kier alpha value is -3.48. The molecule has 1 aliphatic rings. The number of ether oxygens (including phenoxy) is 1. The second-order valence-electron chi connectivity index (χ2n) is 6.34. The number of hydrogen-bond donors (Lipinski definition) is 1. The van der Waals surface area contributed by atoms with Gasteiger partial charge in [0, 0.05) is 36.2 Å². The van der Waals surface area contributed by atoms with Crippen LogP contribution in [0, 0.1) is 0 Å². The van der Waals surface area contributed by atoms with Gasteiger partial charge in [-0.2, -0.15) is 5.10 Å². The number of benzene rings is 1. The van der Waals surface area contributed by atoms with Gasteiger partial charge in [0.15, 0.2) is 0 Å². The number of nitrogens with zero attached hydrogens (tertiary/aromatic N) is 3. The molecule has 1 amide bonds. The molecule has 3 heterocycles. The molecule has 1 N–H and O–H groups in total. The van der Waals surface area contributed by atoms with Gasteiger partial charge in [-0.3, -0.25) is 9.48 Å². The zero-order valence-electron chi connectivity index (χ0n) is 15.0. The maximum atomic E-state index is 12.3. The molecule has 7 heteroatoms. The number of aryl methyl sites for hydroxylation is 1. The summed E-state index contributed by atoms with van der Waals surface area (Å²) in [5.41, 5.74) is 3.51. The summed E-state index contributed by atoms with van der Waals surface area (Å²) in [7, 11) is 3.11. The molecule has 0 radical (unpaired) electrons. The Balaban J connectivity index is 1.88. The van der Waals surface area contributed by atoms with Crippen LogP contribution in [0.3, 0.4) is 0 Å². The van der Waals surface area contributed by atoms with Gasteiger partial charge < -0.3 is 10.1 Å². The van der Waals surface area contributed by atoms with Crippen LogP contribution in [0.25, 0.3) is 11.3 Å². The van der Waals surface area contributed by atoms with Crippen molar-refractivity contribution in [2.24, 2.45) is 7.05 Å². The summed E-state index contributed by atoms with van der Waals surface area (Å²) in [5.74, 6) is -0.269. The van der Waals surface area contributed by atoms with E-state index in [9.17, 15) is 9.59 Å². The number of anilines is 1. The molecule has 0 fully saturated rings. The zero-order chi connectivity index (χ0) is 19.0. The fourth-order valence-electron chi connectivity index (χ4n) is 3.41. The number of hydrogen-bond acceptors (Lipinski definition) is 5. The lowest BCUT2D eigenvalue weighted by atomic mass is 9.87. The van der Waals surface area contributed by atoms with Gasteiger partial charge in [-0.1, -0.05) is 36.4 Å². The van der Waals surface area contributed by atoms with E-state index in [2.05, 4.69) is 15.4 Å². The molecular weight excluding hydrogens is 344 g/mol. The third kappa shape index (κ3) is 2.97. The maximum absolute atomic E-state index is 12.3. The lowest BCUT2D eigenvalue weighted by Gasteiger charge is -2.23. The summed E-state index contributed by atoms with van der Waals surface area (Å²) >= 11 is 0. The van der Waals surface area contributed by atoms with Crippen molar-refractivity contribution in [3.05, 3.63) is 65.5 Å². The fraction of sp³-hybridized carbons (Fsp3) is 0.200. The van der Waals surface area contributed by atoms with Crippen LogP contribution >= 0.6 is 0 Å². The minimum absolute atomic E-state index is 0.111. The predicted molar refractivity (Wildman–Crippen MR) is 99.3 cm³/mol. The highest BCUT2D eigenvalue weighted by atomic mass is 16.5. The van der Waals surface area contributed by atoms with Crippen molar-refractivity contribution in [2.45, 2.75) is 12.3 Å². The first-order valence-electron chi connectivity index (χ1n) is 8.56. The minimum Gasteiger partial charge on any atom is -0.464 e. The Labute approximate surface area is 156 Å². The van der Waals surface area contributed by atoms with Crippen LogP contribution < -0.4 is 5.32 Å². The zero-order valence-corrected chi connectivity index (χ0v) is 15.0. The highest BCUT2D eigenvalue weighted by molar-refractivity contribution is 5.96. The minimum atomic E-state index is -0.508. The first kappa shape index (κ1) is 17.0. The molecule has 1 aromatic carbocycles. The van der Waals surface area contributed by atoms with Gasteiger partial charge in [-0.25, -0.2) is 9.78 Å². The number of aromatic nitrogens is 3. The number of esters is 1. The Bertz CT molecular complexity index is 1030. The first-order chi connectivity index (χ1) is 13.1. The molecule has 0 aliphatic carbocycles. The van der Waals surface area contributed by atoms with E-state index in [1.54, 1.807) is 23.9 Å². The van der Waals surface area contributed by atoms with Crippen molar-refractivity contribution >= 4 is 17.7 Å². The number of rotatable bonds is 3. The summed E-state index contributed by atoms with van der Waals surface area (Å²) in [4.78, 5) is 28.6. The van der Waals surface area contributed by atoms with Crippen molar-refractivity contribution in [2.75, 3.05) is 12.4 Å². The lowest BCUT2D eigenvalue weighted by Crippen LogP contribution is -2.25. The van der Waals surface area contributed by atoms with Crippen LogP contribution in [-0.2, 0) is 16.6 Å². The molecule has 0 bridgehead atoms. The molecule has 27 heavy (non-hydrogen) atoms. The maximum Gasteiger partial charge on any atom is 0.356 e. The number of carbonyl (C=O) groups excluding carboxylic acids is 2. The largest absolute Gasteiger partial charge is 0.464 e. The van der Waals surface area contributed by atoms with Crippen LogP contribution in [0.5, 0.6) is 0 Å². The molecule has 0 saturated heterocycles. The normalized spacial score (nSPS) is 15.8. The first-order valence-corrected chi connectivity index (χ1v) is 8.56. The van der Waals surface area contributed by atoms with Crippen LogP contribution in [0.2, 0.25) is 0 Å². The van der Waals surface area contributed by atoms with Crippen molar-refractivity contribution in [3.63, 3.8) is 0 Å². The molecule has 3 aromatic rings. The summed E-state index contributed by atoms with van der Waals surface area (Å²) in [6.45, 7) is 0. The number of amides is 1. The standard InChI is InChI=1S/C20H18N4O3/c1-24-19-17(18(23-24)12-7-4-3-5-8-12)13(11-16(25)22-19)14-9-6-10-15(21-14)20(26)27-2/h3-10,13H,11H2,1-2H3,(H,22,25). The Morgan fingerprint density at radius 3 is 2.70 bits per heavy atom. The summed E-state index contributed by atoms with van der Waals surface area (Å²) in [6, 6.07) is 15.0. The summed E-state index contributed by atoms with van der Waals surface area (Å²) in [6.07, 6.45) is 0.232. The smallest absolute Gasteiger partial charge is 0.356 e. The lowest BCUT2D eigenvalue weighted by molar-refractivity contribution is -0.116. The molecule has 1 aliphatic heterocycles. The van der Waals surface area contributed by atoms with Crippen LogP contribution in [-0.4, -0.2) is 33.8 Å². The number of pyridine rings is 1. The second-order valence-corrected chi connectivity index (χ2v) is 6.34. The topological polar surface area (TPSA) is 86.1 Å². The Morgan fingerprint density at radius 2 is 1.96 bits per heavy atom. The van der Waals surface area contributed by atoms with Crippen molar-refractivity contribution < 1.29 is 14.3 Å². The SMILES string of the molecule is COC(=O)c1cccc(C2CC(=O)Nc3c2c(-c2ccccc2)nn3C)n1. The number of methoxy groups -OCH3 is 1. The Morgan fingerprint density at radius 1 is 1.19 bits per heavy atom. The highest BCUT2D eigenvalue weighted by Gasteiger charge is 2.34. The van der Waals surface area contributed by atoms with E-state index in [0.717, 1.165) is 16.8 Å². The van der Waals surface area contributed by atoms with Crippen molar-refractivity contribution in [1.29, 1.82) is 0 Å². The van der Waals surface area contributed by atoms with Gasteiger partial charge in [0.1, 0.15) is 11.5 Å². The third-order valence-corrected chi connectivity index (χ3v) is 4.65. The van der Waals surface area contributed by atoms with E-state index in [0.29, 0.717) is 11.5 Å². The van der Waals surface area contributed by atoms with Crippen molar-refractivity contribution in [3.8, 4) is 11.3 Å². The monoisotopic (exact) mass is 362 g/mol. The molecule has 1 unspecified atom stereocenters. The average molecular weight is 362 g/mol. The number of fused-ring (bicyclic) bond motifs is 1. The molecular formula is C20H18N4O3. The summed E-state index contributed by atoms with van der Waals surface area (Å²) < 4.78 is 6.44. The third-order valence-electron chi connectivity index (χ3n) is 4.65. The van der Waals surface area contributed by atoms with Gasteiger partial charge in [-0.15, -0.1) is 0 Å². The van der Waals surface area contributed by atoms with E-state index in [1.165, 1.54) is 7.11 Å². The average Bonchev–Trinajstić information content (AvgIpc) is 3.04.